The van der Waals surface area contributed by atoms with Crippen LogP contribution in [-0.4, -0.2) is 48.3 Å². The largest absolute Gasteiger partial charge is 0.493 e. The Labute approximate surface area is 224 Å². The lowest BCUT2D eigenvalue weighted by Gasteiger charge is -2.29. The molecule has 9 heteroatoms. The summed E-state index contributed by atoms with van der Waals surface area (Å²) in [7, 11) is -3.80. The number of benzene rings is 2. The molecule has 0 radical (unpaired) electrons. The molecule has 1 amide bonds. The van der Waals surface area contributed by atoms with Crippen LogP contribution in [0.25, 0.3) is 10.9 Å². The molecule has 1 fully saturated rings. The average molecular weight is 537 g/mol. The van der Waals surface area contributed by atoms with Crippen LogP contribution in [0.15, 0.2) is 59.6 Å². The first kappa shape index (κ1) is 26.6. The molecule has 5 rings (SSSR count). The number of carbonyl (C=O) groups is 1. The maximum atomic E-state index is 13.7. The zero-order valence-corrected chi connectivity index (χ0v) is 23.1. The van der Waals surface area contributed by atoms with Crippen LogP contribution in [0.2, 0.25) is 0 Å². The maximum absolute atomic E-state index is 13.7. The number of ether oxygens (including phenoxy) is 1. The van der Waals surface area contributed by atoms with Crippen molar-refractivity contribution in [3.05, 3.63) is 65.9 Å². The fourth-order valence-corrected chi connectivity index (χ4v) is 7.13. The van der Waals surface area contributed by atoms with E-state index in [4.69, 9.17) is 4.74 Å². The summed E-state index contributed by atoms with van der Waals surface area (Å²) in [6, 6.07) is 14.4. The van der Waals surface area contributed by atoms with E-state index in [1.165, 1.54) is 4.31 Å². The van der Waals surface area contributed by atoms with Crippen molar-refractivity contribution in [1.82, 2.24) is 19.9 Å². The number of carbonyl (C=O) groups excluding carboxylic acids is 1. The van der Waals surface area contributed by atoms with Gasteiger partial charge in [-0.05, 0) is 57.4 Å². The third-order valence-corrected chi connectivity index (χ3v) is 9.19. The molecule has 2 aromatic carbocycles. The normalized spacial score (nSPS) is 20.2. The predicted molar refractivity (Wildman–Crippen MR) is 147 cm³/mol. The third-order valence-electron chi connectivity index (χ3n) is 7.20. The molecule has 3 heterocycles. The number of pyridine rings is 1. The van der Waals surface area contributed by atoms with Gasteiger partial charge in [-0.2, -0.15) is 4.31 Å². The van der Waals surface area contributed by atoms with Crippen LogP contribution in [0.4, 0.5) is 0 Å². The van der Waals surface area contributed by atoms with Gasteiger partial charge in [0.2, 0.25) is 15.9 Å². The Morgan fingerprint density at radius 1 is 1.13 bits per heavy atom. The number of amides is 1. The van der Waals surface area contributed by atoms with Crippen LogP contribution >= 0.6 is 0 Å². The summed E-state index contributed by atoms with van der Waals surface area (Å²) in [6.45, 7) is 8.03. The summed E-state index contributed by atoms with van der Waals surface area (Å²) in [6.07, 6.45) is 3.77. The Morgan fingerprint density at radius 3 is 2.76 bits per heavy atom. The fraction of sp³-hybridized carbons (Fsp3) is 0.448. The Morgan fingerprint density at radius 2 is 1.95 bits per heavy atom. The van der Waals surface area contributed by atoms with Crippen molar-refractivity contribution in [3.8, 4) is 5.75 Å². The van der Waals surface area contributed by atoms with E-state index >= 15 is 0 Å². The van der Waals surface area contributed by atoms with Crippen molar-refractivity contribution in [2.45, 2.75) is 75.5 Å². The minimum atomic E-state index is -3.80. The van der Waals surface area contributed by atoms with Gasteiger partial charge in [0.1, 0.15) is 10.6 Å². The average Bonchev–Trinajstić information content (AvgIpc) is 3.35. The van der Waals surface area contributed by atoms with Gasteiger partial charge in [-0.15, -0.1) is 0 Å². The van der Waals surface area contributed by atoms with Gasteiger partial charge < -0.3 is 15.4 Å². The molecule has 0 spiro atoms. The smallest absolute Gasteiger partial charge is 0.245 e. The lowest BCUT2D eigenvalue weighted by molar-refractivity contribution is -0.122. The van der Waals surface area contributed by atoms with Gasteiger partial charge in [0.15, 0.2) is 0 Å². The molecule has 8 nitrogen and oxygen atoms in total. The Hall–Kier alpha value is -3.01. The lowest BCUT2D eigenvalue weighted by Crippen LogP contribution is -2.40. The van der Waals surface area contributed by atoms with Gasteiger partial charge in [-0.3, -0.25) is 9.78 Å². The summed E-state index contributed by atoms with van der Waals surface area (Å²) in [5.41, 5.74) is 2.56. The number of hydrogen-bond acceptors (Lipinski definition) is 6. The van der Waals surface area contributed by atoms with Crippen LogP contribution in [0.1, 0.15) is 63.6 Å². The first-order chi connectivity index (χ1) is 18.1. The summed E-state index contributed by atoms with van der Waals surface area (Å²) in [5.74, 6) is 0.646. The number of aromatic nitrogens is 1. The van der Waals surface area contributed by atoms with Gasteiger partial charge >= 0.3 is 0 Å². The summed E-state index contributed by atoms with van der Waals surface area (Å²) in [5, 5.41) is 7.41. The quantitative estimate of drug-likeness (QED) is 0.467. The summed E-state index contributed by atoms with van der Waals surface area (Å²) < 4.78 is 34.8. The van der Waals surface area contributed by atoms with Gasteiger partial charge in [0, 0.05) is 54.7 Å². The standard InChI is InChI=1S/C29H36N4O4S/c1-29(2,3)31-19-20-11-12-23-24(13-16-37-25(23)17-20)32-27(34)18-22-9-6-15-33(22)38(35,36)26-10-4-7-21-8-5-14-30-28(21)26/h4-5,7-8,10-12,14,17,22,24,31H,6,9,13,15-16,18-19H2,1-3H3,(H,32,34). The van der Waals surface area contributed by atoms with E-state index in [0.717, 1.165) is 35.2 Å². The molecule has 2 aliphatic rings. The van der Waals surface area contributed by atoms with Gasteiger partial charge in [-0.1, -0.05) is 30.3 Å². The second-order valence-corrected chi connectivity index (χ2v) is 13.0. The van der Waals surface area contributed by atoms with Crippen LogP contribution in [0.5, 0.6) is 5.75 Å². The number of sulfonamides is 1. The van der Waals surface area contributed by atoms with Crippen molar-refractivity contribution < 1.29 is 17.9 Å². The molecule has 3 aromatic rings. The number of nitrogens with one attached hydrogen (secondary N) is 2. The van der Waals surface area contributed by atoms with E-state index in [0.29, 0.717) is 31.5 Å². The Balaban J connectivity index is 1.28. The van der Waals surface area contributed by atoms with Gasteiger partial charge in [0.25, 0.3) is 0 Å². The second kappa shape index (κ2) is 10.6. The first-order valence-corrected chi connectivity index (χ1v) is 14.7. The molecule has 0 aliphatic carbocycles. The van der Waals surface area contributed by atoms with Gasteiger partial charge in [-0.25, -0.2) is 8.42 Å². The Bertz CT molecular complexity index is 1430. The molecule has 1 aromatic heterocycles. The molecule has 38 heavy (non-hydrogen) atoms. The minimum absolute atomic E-state index is 0.0129. The summed E-state index contributed by atoms with van der Waals surface area (Å²) >= 11 is 0. The number of fused-ring (bicyclic) bond motifs is 2. The van der Waals surface area contributed by atoms with Gasteiger partial charge in [0.05, 0.1) is 18.2 Å². The molecule has 202 valence electrons. The zero-order valence-electron chi connectivity index (χ0n) is 22.2. The van der Waals surface area contributed by atoms with E-state index in [2.05, 4.69) is 42.5 Å². The monoisotopic (exact) mass is 536 g/mol. The second-order valence-electron chi connectivity index (χ2n) is 11.2. The van der Waals surface area contributed by atoms with Crippen molar-refractivity contribution in [3.63, 3.8) is 0 Å². The molecule has 2 N–H and O–H groups in total. The van der Waals surface area contributed by atoms with Crippen LogP contribution in [0.3, 0.4) is 0 Å². The van der Waals surface area contributed by atoms with E-state index in [1.807, 2.05) is 24.3 Å². The van der Waals surface area contributed by atoms with Crippen LogP contribution in [-0.2, 0) is 21.4 Å². The molecule has 0 bridgehead atoms. The number of rotatable bonds is 7. The van der Waals surface area contributed by atoms with Crippen LogP contribution < -0.4 is 15.4 Å². The number of hydrogen-bond donors (Lipinski definition) is 2. The highest BCUT2D eigenvalue weighted by Gasteiger charge is 2.38. The topological polar surface area (TPSA) is 101 Å². The SMILES string of the molecule is CC(C)(C)NCc1ccc2c(c1)OCCC2NC(=O)CC1CCCN1S(=O)(=O)c1cccc2cccnc12. The predicted octanol–water partition coefficient (Wildman–Crippen LogP) is 4.31. The van der Waals surface area contributed by atoms with E-state index < -0.39 is 10.0 Å². The maximum Gasteiger partial charge on any atom is 0.245 e. The molecule has 2 unspecified atom stereocenters. The highest BCUT2D eigenvalue weighted by atomic mass is 32.2. The molecular formula is C29H36N4O4S. The first-order valence-electron chi connectivity index (χ1n) is 13.3. The van der Waals surface area contributed by atoms with E-state index in [9.17, 15) is 13.2 Å². The minimum Gasteiger partial charge on any atom is -0.493 e. The van der Waals surface area contributed by atoms with Crippen molar-refractivity contribution in [2.24, 2.45) is 0 Å². The van der Waals surface area contributed by atoms with Crippen molar-refractivity contribution in [1.29, 1.82) is 0 Å². The number of nitrogens with zero attached hydrogens (tertiary/aromatic N) is 2. The molecule has 2 atom stereocenters. The number of para-hydroxylation sites is 1. The Kier molecular flexibility index (Phi) is 7.44. The fourth-order valence-electron chi connectivity index (χ4n) is 5.27. The van der Waals surface area contributed by atoms with Crippen LogP contribution in [0, 0.1) is 0 Å². The van der Waals surface area contributed by atoms with E-state index in [-0.39, 0.29) is 34.8 Å². The molecule has 1 saturated heterocycles. The third kappa shape index (κ3) is 5.70. The highest BCUT2D eigenvalue weighted by Crippen LogP contribution is 2.34. The van der Waals surface area contributed by atoms with Crippen molar-refractivity contribution >= 4 is 26.8 Å². The summed E-state index contributed by atoms with van der Waals surface area (Å²) in [4.78, 5) is 17.7. The molecule has 0 saturated carbocycles. The molecule has 2 aliphatic heterocycles. The highest BCUT2D eigenvalue weighted by molar-refractivity contribution is 7.89. The van der Waals surface area contributed by atoms with E-state index in [1.54, 1.807) is 24.4 Å². The lowest BCUT2D eigenvalue weighted by atomic mass is 9.98. The zero-order chi connectivity index (χ0) is 26.9. The molecular weight excluding hydrogens is 500 g/mol. The van der Waals surface area contributed by atoms with Crippen molar-refractivity contribution in [2.75, 3.05) is 13.2 Å².